The summed E-state index contributed by atoms with van der Waals surface area (Å²) < 4.78 is 10.4. The SMILES string of the molecule is COc1cc(C(C)=O)c(C(=O)Cc2ccccc2)cc1OC. The molecule has 2 aromatic rings. The van der Waals surface area contributed by atoms with Crippen LogP contribution in [0.15, 0.2) is 42.5 Å². The Hall–Kier alpha value is -2.62. The summed E-state index contributed by atoms with van der Waals surface area (Å²) >= 11 is 0. The van der Waals surface area contributed by atoms with Crippen LogP contribution in [0.5, 0.6) is 11.5 Å². The van der Waals surface area contributed by atoms with Crippen molar-refractivity contribution in [3.8, 4) is 11.5 Å². The van der Waals surface area contributed by atoms with Gasteiger partial charge in [-0.2, -0.15) is 0 Å². The standard InChI is InChI=1S/C18H18O4/c1-12(19)14-10-17(21-2)18(22-3)11-15(14)16(20)9-13-7-5-4-6-8-13/h4-8,10-11H,9H2,1-3H3. The molecule has 0 heterocycles. The molecular formula is C18H18O4. The van der Waals surface area contributed by atoms with Gasteiger partial charge in [0.15, 0.2) is 23.1 Å². The lowest BCUT2D eigenvalue weighted by molar-refractivity contribution is 0.0968. The van der Waals surface area contributed by atoms with Crippen LogP contribution in [0.4, 0.5) is 0 Å². The van der Waals surface area contributed by atoms with Gasteiger partial charge in [0.1, 0.15) is 0 Å². The second-order valence-electron chi connectivity index (χ2n) is 4.89. The molecule has 114 valence electrons. The van der Waals surface area contributed by atoms with Crippen molar-refractivity contribution >= 4 is 11.6 Å². The normalized spacial score (nSPS) is 10.1. The van der Waals surface area contributed by atoms with Gasteiger partial charge in [-0.15, -0.1) is 0 Å². The zero-order valence-corrected chi connectivity index (χ0v) is 12.9. The van der Waals surface area contributed by atoms with Crippen LogP contribution >= 0.6 is 0 Å². The first-order chi connectivity index (χ1) is 10.6. The van der Waals surface area contributed by atoms with E-state index in [9.17, 15) is 9.59 Å². The fraction of sp³-hybridized carbons (Fsp3) is 0.222. The van der Waals surface area contributed by atoms with Gasteiger partial charge in [-0.05, 0) is 24.6 Å². The molecule has 4 heteroatoms. The third-order valence-electron chi connectivity index (χ3n) is 3.41. The van der Waals surface area contributed by atoms with Crippen molar-refractivity contribution in [3.05, 3.63) is 59.2 Å². The molecule has 0 saturated carbocycles. The number of rotatable bonds is 6. The van der Waals surface area contributed by atoms with Gasteiger partial charge in [0.05, 0.1) is 14.2 Å². The summed E-state index contributed by atoms with van der Waals surface area (Å²) in [5, 5.41) is 0. The summed E-state index contributed by atoms with van der Waals surface area (Å²) in [6, 6.07) is 12.5. The molecule has 0 unspecified atom stereocenters. The molecular weight excluding hydrogens is 280 g/mol. The number of methoxy groups -OCH3 is 2. The first kappa shape index (κ1) is 15.8. The van der Waals surface area contributed by atoms with Gasteiger partial charge >= 0.3 is 0 Å². The first-order valence-electron chi connectivity index (χ1n) is 6.91. The maximum absolute atomic E-state index is 12.6. The molecule has 2 aromatic carbocycles. The van der Waals surface area contributed by atoms with Crippen LogP contribution in [-0.2, 0) is 6.42 Å². The molecule has 4 nitrogen and oxygen atoms in total. The Balaban J connectivity index is 2.44. The Kier molecular flexibility index (Phi) is 4.94. The molecule has 0 fully saturated rings. The Morgan fingerprint density at radius 2 is 1.45 bits per heavy atom. The van der Waals surface area contributed by atoms with E-state index in [0.717, 1.165) is 5.56 Å². The molecule has 22 heavy (non-hydrogen) atoms. The number of ketones is 2. The fourth-order valence-electron chi connectivity index (χ4n) is 2.28. The molecule has 0 atom stereocenters. The Morgan fingerprint density at radius 1 is 0.909 bits per heavy atom. The molecule has 0 saturated heterocycles. The molecule has 2 rings (SSSR count). The van der Waals surface area contributed by atoms with Crippen molar-refractivity contribution in [1.29, 1.82) is 0 Å². The summed E-state index contributed by atoms with van der Waals surface area (Å²) in [4.78, 5) is 24.4. The highest BCUT2D eigenvalue weighted by atomic mass is 16.5. The van der Waals surface area contributed by atoms with Crippen LogP contribution in [0.25, 0.3) is 0 Å². The number of carbonyl (C=O) groups excluding carboxylic acids is 2. The smallest absolute Gasteiger partial charge is 0.168 e. The number of hydrogen-bond acceptors (Lipinski definition) is 4. The molecule has 0 N–H and O–H groups in total. The fourth-order valence-corrected chi connectivity index (χ4v) is 2.28. The van der Waals surface area contributed by atoms with Crippen molar-refractivity contribution in [2.75, 3.05) is 14.2 Å². The van der Waals surface area contributed by atoms with Crippen LogP contribution < -0.4 is 9.47 Å². The number of Topliss-reactive ketones (excluding diaryl/α,β-unsaturated/α-hetero) is 2. The molecule has 0 bridgehead atoms. The van der Waals surface area contributed by atoms with Crippen molar-refractivity contribution in [2.24, 2.45) is 0 Å². The maximum Gasteiger partial charge on any atom is 0.168 e. The highest BCUT2D eigenvalue weighted by molar-refractivity contribution is 6.09. The van der Waals surface area contributed by atoms with Crippen molar-refractivity contribution < 1.29 is 19.1 Å². The summed E-state index contributed by atoms with van der Waals surface area (Å²) in [7, 11) is 2.99. The average Bonchev–Trinajstić information content (AvgIpc) is 2.54. The van der Waals surface area contributed by atoms with E-state index in [-0.39, 0.29) is 18.0 Å². The molecule has 0 amide bonds. The van der Waals surface area contributed by atoms with E-state index in [1.165, 1.54) is 21.1 Å². The molecule has 0 spiro atoms. The first-order valence-corrected chi connectivity index (χ1v) is 6.91. The van der Waals surface area contributed by atoms with Crippen molar-refractivity contribution in [3.63, 3.8) is 0 Å². The highest BCUT2D eigenvalue weighted by Gasteiger charge is 2.19. The zero-order chi connectivity index (χ0) is 16.1. The number of hydrogen-bond donors (Lipinski definition) is 0. The van der Waals surface area contributed by atoms with Crippen molar-refractivity contribution in [2.45, 2.75) is 13.3 Å². The zero-order valence-electron chi connectivity index (χ0n) is 12.9. The second kappa shape index (κ2) is 6.89. The van der Waals surface area contributed by atoms with E-state index in [2.05, 4.69) is 0 Å². The van der Waals surface area contributed by atoms with Gasteiger partial charge in [0.2, 0.25) is 0 Å². The second-order valence-corrected chi connectivity index (χ2v) is 4.89. The Morgan fingerprint density at radius 3 is 1.95 bits per heavy atom. The van der Waals surface area contributed by atoms with Crippen LogP contribution in [0.3, 0.4) is 0 Å². The van der Waals surface area contributed by atoms with E-state index in [1.807, 2.05) is 30.3 Å². The number of benzene rings is 2. The lowest BCUT2D eigenvalue weighted by Gasteiger charge is -2.13. The molecule has 0 radical (unpaired) electrons. The summed E-state index contributed by atoms with van der Waals surface area (Å²) in [6.07, 6.45) is 0.233. The van der Waals surface area contributed by atoms with Gasteiger partial charge in [-0.25, -0.2) is 0 Å². The summed E-state index contributed by atoms with van der Waals surface area (Å²) in [5.41, 5.74) is 1.60. The monoisotopic (exact) mass is 298 g/mol. The van der Waals surface area contributed by atoms with Gasteiger partial charge in [-0.3, -0.25) is 9.59 Å². The average molecular weight is 298 g/mol. The molecule has 0 aliphatic heterocycles. The van der Waals surface area contributed by atoms with Crippen LogP contribution in [-0.4, -0.2) is 25.8 Å². The van der Waals surface area contributed by atoms with Gasteiger partial charge in [-0.1, -0.05) is 30.3 Å². The summed E-state index contributed by atoms with van der Waals surface area (Å²) in [6.45, 7) is 1.43. The van der Waals surface area contributed by atoms with Gasteiger partial charge in [0.25, 0.3) is 0 Å². The largest absolute Gasteiger partial charge is 0.493 e. The summed E-state index contributed by atoms with van der Waals surface area (Å²) in [5.74, 6) is 0.558. The minimum atomic E-state index is -0.183. The Bertz CT molecular complexity index is 690. The predicted molar refractivity (Wildman–Crippen MR) is 84.0 cm³/mol. The van der Waals surface area contributed by atoms with Crippen LogP contribution in [0, 0.1) is 0 Å². The minimum absolute atomic E-state index is 0.127. The quantitative estimate of drug-likeness (QED) is 0.768. The minimum Gasteiger partial charge on any atom is -0.493 e. The van der Waals surface area contributed by atoms with E-state index in [1.54, 1.807) is 12.1 Å². The predicted octanol–water partition coefficient (Wildman–Crippen LogP) is 3.33. The van der Waals surface area contributed by atoms with E-state index in [4.69, 9.17) is 9.47 Å². The topological polar surface area (TPSA) is 52.6 Å². The van der Waals surface area contributed by atoms with E-state index in [0.29, 0.717) is 22.6 Å². The van der Waals surface area contributed by atoms with E-state index < -0.39 is 0 Å². The third kappa shape index (κ3) is 3.34. The maximum atomic E-state index is 12.6. The highest BCUT2D eigenvalue weighted by Crippen LogP contribution is 2.31. The van der Waals surface area contributed by atoms with Crippen molar-refractivity contribution in [1.82, 2.24) is 0 Å². The van der Waals surface area contributed by atoms with Gasteiger partial charge < -0.3 is 9.47 Å². The lowest BCUT2D eigenvalue weighted by atomic mass is 9.96. The lowest BCUT2D eigenvalue weighted by Crippen LogP contribution is -2.11. The molecule has 0 aliphatic rings. The number of carbonyl (C=O) groups is 2. The van der Waals surface area contributed by atoms with Gasteiger partial charge in [0, 0.05) is 17.5 Å². The molecule has 0 aromatic heterocycles. The van der Waals surface area contributed by atoms with E-state index >= 15 is 0 Å². The Labute approximate surface area is 129 Å². The third-order valence-corrected chi connectivity index (χ3v) is 3.41. The number of ether oxygens (including phenoxy) is 2. The van der Waals surface area contributed by atoms with Crippen LogP contribution in [0.1, 0.15) is 33.2 Å². The van der Waals surface area contributed by atoms with Crippen LogP contribution in [0.2, 0.25) is 0 Å². The molecule has 0 aliphatic carbocycles.